The molecule has 1 atom stereocenters. The number of carbonyl (C=O) groups is 1. The van der Waals surface area contributed by atoms with Gasteiger partial charge in [-0.3, -0.25) is 5.10 Å². The fourth-order valence-electron chi connectivity index (χ4n) is 3.02. The third kappa shape index (κ3) is 4.04. The lowest BCUT2D eigenvalue weighted by atomic mass is 10.0. The van der Waals surface area contributed by atoms with E-state index in [0.29, 0.717) is 6.54 Å². The highest BCUT2D eigenvalue weighted by Gasteiger charge is 2.20. The smallest absolute Gasteiger partial charge is 0.317 e. The lowest BCUT2D eigenvalue weighted by Crippen LogP contribution is -2.46. The minimum atomic E-state index is -0.00344. The number of hydrogen-bond donors (Lipinski definition) is 2. The van der Waals surface area contributed by atoms with E-state index < -0.39 is 0 Å². The number of hydrogen-bond acceptors (Lipinski definition) is 2. The number of rotatable bonds is 4. The molecule has 1 aliphatic rings. The van der Waals surface area contributed by atoms with Crippen LogP contribution in [0.4, 0.5) is 4.79 Å². The summed E-state index contributed by atoms with van der Waals surface area (Å²) in [6, 6.07) is 12.3. The van der Waals surface area contributed by atoms with Gasteiger partial charge in [0.1, 0.15) is 0 Å². The van der Waals surface area contributed by atoms with Crippen molar-refractivity contribution in [2.45, 2.75) is 32.7 Å². The Hall–Kier alpha value is -2.56. The van der Waals surface area contributed by atoms with E-state index in [-0.39, 0.29) is 12.1 Å². The van der Waals surface area contributed by atoms with Crippen LogP contribution in [0.25, 0.3) is 5.57 Å². The number of carbonyl (C=O) groups excluding carboxylic acids is 1. The number of nitrogens with one attached hydrogen (secondary N) is 2. The first-order chi connectivity index (χ1) is 11.6. The van der Waals surface area contributed by atoms with Gasteiger partial charge in [0.2, 0.25) is 0 Å². The number of nitrogens with zero attached hydrogens (tertiary/aromatic N) is 2. The molecule has 5 nitrogen and oxygen atoms in total. The van der Waals surface area contributed by atoms with Crippen molar-refractivity contribution in [2.24, 2.45) is 0 Å². The second-order valence-corrected chi connectivity index (χ2v) is 6.40. The molecule has 0 bridgehead atoms. The average Bonchev–Trinajstić information content (AvgIpc) is 3.00. The van der Waals surface area contributed by atoms with E-state index >= 15 is 0 Å². The Morgan fingerprint density at radius 2 is 2.17 bits per heavy atom. The van der Waals surface area contributed by atoms with E-state index in [2.05, 4.69) is 33.7 Å². The Bertz CT molecular complexity index is 720. The van der Waals surface area contributed by atoms with Crippen molar-refractivity contribution in [3.05, 3.63) is 59.4 Å². The molecule has 3 rings (SSSR count). The number of urea groups is 1. The van der Waals surface area contributed by atoms with E-state index in [0.717, 1.165) is 30.8 Å². The zero-order valence-electron chi connectivity index (χ0n) is 14.2. The summed E-state index contributed by atoms with van der Waals surface area (Å²) in [5, 5.41) is 10.2. The summed E-state index contributed by atoms with van der Waals surface area (Å²) in [6.45, 7) is 5.41. The first-order valence-corrected chi connectivity index (χ1v) is 8.42. The normalized spacial score (nSPS) is 15.8. The minimum absolute atomic E-state index is 0.00344. The summed E-state index contributed by atoms with van der Waals surface area (Å²) in [7, 11) is 0. The number of benzene rings is 1. The number of amides is 2. The molecule has 0 spiro atoms. The Morgan fingerprint density at radius 3 is 2.88 bits per heavy atom. The minimum Gasteiger partial charge on any atom is -0.335 e. The third-order valence-corrected chi connectivity index (χ3v) is 4.23. The van der Waals surface area contributed by atoms with E-state index in [9.17, 15) is 4.79 Å². The van der Waals surface area contributed by atoms with Crippen molar-refractivity contribution in [2.75, 3.05) is 13.1 Å². The van der Waals surface area contributed by atoms with Gasteiger partial charge in [0.05, 0.1) is 5.69 Å². The van der Waals surface area contributed by atoms with Gasteiger partial charge in [-0.2, -0.15) is 5.10 Å². The standard InChI is InChI=1S/C19H24N4O/c1-14(11-18-12-15(2)21-22-18)20-19(24)23-10-6-9-17(13-23)16-7-4-3-5-8-16/h3-5,7-9,12,14H,6,10-11,13H2,1-2H3,(H,20,24)(H,21,22). The second-order valence-electron chi connectivity index (χ2n) is 6.40. The van der Waals surface area contributed by atoms with Gasteiger partial charge in [0, 0.05) is 31.2 Å². The molecule has 1 unspecified atom stereocenters. The number of H-pyrrole nitrogens is 1. The van der Waals surface area contributed by atoms with Gasteiger partial charge in [-0.05, 0) is 37.5 Å². The van der Waals surface area contributed by atoms with E-state index in [1.54, 1.807) is 0 Å². The molecular weight excluding hydrogens is 300 g/mol. The molecule has 0 saturated carbocycles. The van der Waals surface area contributed by atoms with Gasteiger partial charge < -0.3 is 10.2 Å². The van der Waals surface area contributed by atoms with Crippen LogP contribution in [0.15, 0.2) is 42.5 Å². The van der Waals surface area contributed by atoms with Crippen molar-refractivity contribution in [3.63, 3.8) is 0 Å². The van der Waals surface area contributed by atoms with E-state index in [1.807, 2.05) is 43.0 Å². The molecule has 0 saturated heterocycles. The fourth-order valence-corrected chi connectivity index (χ4v) is 3.02. The molecule has 0 radical (unpaired) electrons. The molecule has 1 aromatic heterocycles. The summed E-state index contributed by atoms with van der Waals surface area (Å²) in [4.78, 5) is 14.4. The van der Waals surface area contributed by atoms with Gasteiger partial charge in [-0.1, -0.05) is 36.4 Å². The average molecular weight is 324 g/mol. The third-order valence-electron chi connectivity index (χ3n) is 4.23. The van der Waals surface area contributed by atoms with Crippen LogP contribution < -0.4 is 5.32 Å². The molecule has 5 heteroatoms. The number of aromatic amines is 1. The molecule has 2 amide bonds. The van der Waals surface area contributed by atoms with Crippen LogP contribution >= 0.6 is 0 Å². The first kappa shape index (κ1) is 16.3. The highest BCUT2D eigenvalue weighted by molar-refractivity contribution is 5.79. The van der Waals surface area contributed by atoms with Crippen molar-refractivity contribution in [3.8, 4) is 0 Å². The van der Waals surface area contributed by atoms with Crippen LogP contribution in [-0.2, 0) is 6.42 Å². The zero-order chi connectivity index (χ0) is 16.9. The quantitative estimate of drug-likeness (QED) is 0.907. The Labute approximate surface area is 142 Å². The number of aryl methyl sites for hydroxylation is 1. The van der Waals surface area contributed by atoms with Crippen LogP contribution in [0, 0.1) is 6.92 Å². The van der Waals surface area contributed by atoms with Crippen LogP contribution in [0.2, 0.25) is 0 Å². The zero-order valence-corrected chi connectivity index (χ0v) is 14.2. The summed E-state index contributed by atoms with van der Waals surface area (Å²) in [5.74, 6) is 0. The monoisotopic (exact) mass is 324 g/mol. The van der Waals surface area contributed by atoms with Crippen molar-refractivity contribution < 1.29 is 4.79 Å². The van der Waals surface area contributed by atoms with Gasteiger partial charge in [0.15, 0.2) is 0 Å². The molecular formula is C19H24N4O. The van der Waals surface area contributed by atoms with Gasteiger partial charge >= 0.3 is 6.03 Å². The fraction of sp³-hybridized carbons (Fsp3) is 0.368. The summed E-state index contributed by atoms with van der Waals surface area (Å²) in [5.41, 5.74) is 4.42. The highest BCUT2D eigenvalue weighted by atomic mass is 16.2. The SMILES string of the molecule is Cc1cc(CC(C)NC(=O)N2CCC=C(c3ccccc3)C2)n[nH]1. The van der Waals surface area contributed by atoms with Crippen LogP contribution in [0.5, 0.6) is 0 Å². The Morgan fingerprint density at radius 1 is 1.38 bits per heavy atom. The molecule has 0 aliphatic carbocycles. The molecule has 0 fully saturated rings. The predicted octanol–water partition coefficient (Wildman–Crippen LogP) is 3.15. The maximum atomic E-state index is 12.5. The number of aromatic nitrogens is 2. The van der Waals surface area contributed by atoms with E-state index in [4.69, 9.17) is 0 Å². The van der Waals surface area contributed by atoms with Crippen molar-refractivity contribution >= 4 is 11.6 Å². The topological polar surface area (TPSA) is 61.0 Å². The molecule has 1 aromatic carbocycles. The lowest BCUT2D eigenvalue weighted by Gasteiger charge is -2.29. The highest BCUT2D eigenvalue weighted by Crippen LogP contribution is 2.20. The van der Waals surface area contributed by atoms with Crippen molar-refractivity contribution in [1.29, 1.82) is 0 Å². The van der Waals surface area contributed by atoms with Gasteiger partial charge in [-0.25, -0.2) is 4.79 Å². The first-order valence-electron chi connectivity index (χ1n) is 8.42. The van der Waals surface area contributed by atoms with Crippen LogP contribution in [0.1, 0.15) is 30.3 Å². The summed E-state index contributed by atoms with van der Waals surface area (Å²) >= 11 is 0. The largest absolute Gasteiger partial charge is 0.335 e. The second kappa shape index (κ2) is 7.34. The Balaban J connectivity index is 1.56. The van der Waals surface area contributed by atoms with Gasteiger partial charge in [-0.15, -0.1) is 0 Å². The predicted molar refractivity (Wildman–Crippen MR) is 95.6 cm³/mol. The molecule has 24 heavy (non-hydrogen) atoms. The van der Waals surface area contributed by atoms with Crippen LogP contribution in [0.3, 0.4) is 0 Å². The molecule has 2 N–H and O–H groups in total. The van der Waals surface area contributed by atoms with Gasteiger partial charge in [0.25, 0.3) is 0 Å². The molecule has 2 heterocycles. The summed E-state index contributed by atoms with van der Waals surface area (Å²) < 4.78 is 0. The maximum absolute atomic E-state index is 12.5. The molecule has 126 valence electrons. The molecule has 1 aliphatic heterocycles. The lowest BCUT2D eigenvalue weighted by molar-refractivity contribution is 0.200. The maximum Gasteiger partial charge on any atom is 0.317 e. The van der Waals surface area contributed by atoms with Crippen LogP contribution in [-0.4, -0.2) is 40.3 Å². The summed E-state index contributed by atoms with van der Waals surface area (Å²) in [6.07, 6.45) is 3.85. The molecule has 2 aromatic rings. The van der Waals surface area contributed by atoms with Crippen molar-refractivity contribution in [1.82, 2.24) is 20.4 Å². The van der Waals surface area contributed by atoms with E-state index in [1.165, 1.54) is 11.1 Å². The Kier molecular flexibility index (Phi) is 4.99.